The van der Waals surface area contributed by atoms with Gasteiger partial charge in [-0.25, -0.2) is 4.79 Å². The lowest BCUT2D eigenvalue weighted by Crippen LogP contribution is -2.18. The number of methoxy groups -OCH3 is 1. The van der Waals surface area contributed by atoms with Crippen molar-refractivity contribution in [3.05, 3.63) is 35.9 Å². The smallest absolute Gasteiger partial charge is 0.438 e. The van der Waals surface area contributed by atoms with Crippen LogP contribution in [-0.4, -0.2) is 19.4 Å². The van der Waals surface area contributed by atoms with Gasteiger partial charge in [-0.15, -0.1) is 0 Å². The second-order valence-corrected chi connectivity index (χ2v) is 5.60. The Morgan fingerprint density at radius 2 is 1.90 bits per heavy atom. The molecule has 0 aromatic heterocycles. The van der Waals surface area contributed by atoms with Crippen LogP contribution in [0.1, 0.15) is 32.8 Å². The number of hydrogen-bond donors (Lipinski definition) is 0. The number of ether oxygens (including phenoxy) is 2. The molecule has 108 valence electrons. The summed E-state index contributed by atoms with van der Waals surface area (Å²) in [4.78, 5) is 11.2. The zero-order chi connectivity index (χ0) is 15.0. The van der Waals surface area contributed by atoms with Crippen LogP contribution in [0.15, 0.2) is 30.3 Å². The number of hydrogen-bond acceptors (Lipinski definition) is 3. The van der Waals surface area contributed by atoms with Gasteiger partial charge >= 0.3 is 6.16 Å². The molecule has 0 radical (unpaired) electrons. The van der Waals surface area contributed by atoms with Crippen molar-refractivity contribution in [1.82, 2.24) is 0 Å². The van der Waals surface area contributed by atoms with Crippen LogP contribution >= 0.6 is 0 Å². The second kappa shape index (κ2) is 7.59. The van der Waals surface area contributed by atoms with E-state index in [0.29, 0.717) is 6.42 Å². The number of aryl methyl sites for hydroxylation is 1. The lowest BCUT2D eigenvalue weighted by Gasteiger charge is -2.13. The van der Waals surface area contributed by atoms with E-state index in [2.05, 4.69) is 16.6 Å². The first kappa shape index (κ1) is 16.1. The minimum atomic E-state index is -0.689. The van der Waals surface area contributed by atoms with Gasteiger partial charge in [0.15, 0.2) is 6.10 Å². The van der Waals surface area contributed by atoms with Gasteiger partial charge in [-0.2, -0.15) is 0 Å². The van der Waals surface area contributed by atoms with Gasteiger partial charge in [0.1, 0.15) is 0 Å². The molecule has 0 aliphatic heterocycles. The van der Waals surface area contributed by atoms with Crippen molar-refractivity contribution >= 4 is 6.16 Å². The van der Waals surface area contributed by atoms with E-state index < -0.39 is 12.3 Å². The highest BCUT2D eigenvalue weighted by atomic mass is 16.7. The Hall–Kier alpha value is -1.95. The van der Waals surface area contributed by atoms with Gasteiger partial charge in [0.25, 0.3) is 0 Å². The van der Waals surface area contributed by atoms with E-state index in [9.17, 15) is 4.79 Å². The minimum Gasteiger partial charge on any atom is -0.438 e. The fourth-order valence-corrected chi connectivity index (χ4v) is 1.56. The van der Waals surface area contributed by atoms with E-state index in [0.717, 1.165) is 6.42 Å². The molecule has 0 amide bonds. The molecule has 20 heavy (non-hydrogen) atoms. The first-order valence-corrected chi connectivity index (χ1v) is 6.72. The second-order valence-electron chi connectivity index (χ2n) is 5.60. The van der Waals surface area contributed by atoms with Crippen molar-refractivity contribution in [1.29, 1.82) is 0 Å². The topological polar surface area (TPSA) is 35.5 Å². The van der Waals surface area contributed by atoms with Gasteiger partial charge in [0, 0.05) is 11.8 Å². The van der Waals surface area contributed by atoms with Crippen LogP contribution in [-0.2, 0) is 15.9 Å². The summed E-state index contributed by atoms with van der Waals surface area (Å²) in [5.41, 5.74) is 1.08. The van der Waals surface area contributed by atoms with Crippen molar-refractivity contribution in [2.75, 3.05) is 7.11 Å². The Morgan fingerprint density at radius 1 is 1.25 bits per heavy atom. The highest BCUT2D eigenvalue weighted by Gasteiger charge is 2.13. The van der Waals surface area contributed by atoms with Gasteiger partial charge < -0.3 is 9.47 Å². The largest absolute Gasteiger partial charge is 0.509 e. The molecule has 0 saturated heterocycles. The Labute approximate surface area is 121 Å². The first-order valence-electron chi connectivity index (χ1n) is 6.72. The summed E-state index contributed by atoms with van der Waals surface area (Å²) in [6.45, 7) is 6.06. The number of benzene rings is 1. The van der Waals surface area contributed by atoms with E-state index in [1.807, 2.05) is 51.1 Å². The first-order chi connectivity index (χ1) is 9.40. The fraction of sp³-hybridized carbons (Fsp3) is 0.471. The van der Waals surface area contributed by atoms with Gasteiger partial charge in [-0.1, -0.05) is 42.2 Å². The summed E-state index contributed by atoms with van der Waals surface area (Å²) in [6, 6.07) is 10.1. The predicted molar refractivity (Wildman–Crippen MR) is 79.3 cm³/mol. The highest BCUT2D eigenvalue weighted by molar-refractivity contribution is 5.60. The van der Waals surface area contributed by atoms with Crippen molar-refractivity contribution in [2.45, 2.75) is 39.7 Å². The molecule has 3 nitrogen and oxygen atoms in total. The average molecular weight is 274 g/mol. The monoisotopic (exact) mass is 274 g/mol. The van der Waals surface area contributed by atoms with Crippen molar-refractivity contribution in [2.24, 2.45) is 5.41 Å². The molecule has 0 fully saturated rings. The summed E-state index contributed by atoms with van der Waals surface area (Å²) in [6.07, 6.45) is 0.330. The number of carbonyl (C=O) groups excluding carboxylic acids is 1. The highest BCUT2D eigenvalue weighted by Crippen LogP contribution is 2.12. The third-order valence-electron chi connectivity index (χ3n) is 2.55. The van der Waals surface area contributed by atoms with Crippen LogP contribution in [0, 0.1) is 17.3 Å². The Bertz CT molecular complexity index is 474. The molecule has 0 aliphatic rings. The normalized spacial score (nSPS) is 12.0. The Balaban J connectivity index is 2.67. The number of carbonyl (C=O) groups is 1. The molecule has 0 spiro atoms. The molecule has 0 N–H and O–H groups in total. The van der Waals surface area contributed by atoms with Crippen LogP contribution in [0.5, 0.6) is 0 Å². The van der Waals surface area contributed by atoms with Gasteiger partial charge in [-0.05, 0) is 32.8 Å². The van der Waals surface area contributed by atoms with Crippen LogP contribution in [0.2, 0.25) is 0 Å². The summed E-state index contributed by atoms with van der Waals surface area (Å²) in [7, 11) is 1.30. The maximum atomic E-state index is 11.2. The molecule has 0 bridgehead atoms. The lowest BCUT2D eigenvalue weighted by molar-refractivity contribution is 0.0529. The van der Waals surface area contributed by atoms with E-state index in [1.165, 1.54) is 12.7 Å². The summed E-state index contributed by atoms with van der Waals surface area (Å²) >= 11 is 0. The maximum Gasteiger partial charge on any atom is 0.509 e. The molecule has 0 saturated carbocycles. The van der Waals surface area contributed by atoms with Crippen molar-refractivity contribution in [3.8, 4) is 11.8 Å². The third kappa shape index (κ3) is 6.84. The van der Waals surface area contributed by atoms with Gasteiger partial charge in [0.2, 0.25) is 0 Å². The van der Waals surface area contributed by atoms with Crippen LogP contribution < -0.4 is 0 Å². The molecule has 3 heteroatoms. The average Bonchev–Trinajstić information content (AvgIpc) is 2.41. The Morgan fingerprint density at radius 3 is 2.45 bits per heavy atom. The van der Waals surface area contributed by atoms with Crippen molar-refractivity contribution < 1.29 is 14.3 Å². The SMILES string of the molecule is COC(=O)OC(C#CC(C)(C)C)CCc1ccccc1. The van der Waals surface area contributed by atoms with Crippen LogP contribution in [0.3, 0.4) is 0 Å². The molecule has 0 heterocycles. The molecule has 1 aromatic carbocycles. The van der Waals surface area contributed by atoms with Gasteiger partial charge in [-0.3, -0.25) is 0 Å². The van der Waals surface area contributed by atoms with E-state index in [-0.39, 0.29) is 5.41 Å². The minimum absolute atomic E-state index is 0.121. The van der Waals surface area contributed by atoms with Gasteiger partial charge in [0.05, 0.1) is 7.11 Å². The van der Waals surface area contributed by atoms with E-state index in [1.54, 1.807) is 0 Å². The van der Waals surface area contributed by atoms with E-state index in [4.69, 9.17) is 4.74 Å². The summed E-state index contributed by atoms with van der Waals surface area (Å²) in [5.74, 6) is 6.13. The molecule has 1 unspecified atom stereocenters. The predicted octanol–water partition coefficient (Wildman–Crippen LogP) is 3.82. The Kier molecular flexibility index (Phi) is 6.11. The zero-order valence-electron chi connectivity index (χ0n) is 12.6. The quantitative estimate of drug-likeness (QED) is 0.618. The van der Waals surface area contributed by atoms with E-state index >= 15 is 0 Å². The summed E-state index contributed by atoms with van der Waals surface area (Å²) < 4.78 is 9.72. The maximum absolute atomic E-state index is 11.2. The third-order valence-corrected chi connectivity index (χ3v) is 2.55. The zero-order valence-corrected chi connectivity index (χ0v) is 12.6. The molecular weight excluding hydrogens is 252 g/mol. The van der Waals surface area contributed by atoms with Crippen LogP contribution in [0.4, 0.5) is 4.79 Å². The number of rotatable bonds is 4. The standard InChI is InChI=1S/C17H22O3/c1-17(2,3)13-12-15(20-16(18)19-4)11-10-14-8-6-5-7-9-14/h5-9,15H,10-11H2,1-4H3. The molecular formula is C17H22O3. The molecule has 1 atom stereocenters. The van der Waals surface area contributed by atoms with Crippen LogP contribution in [0.25, 0.3) is 0 Å². The lowest BCUT2D eigenvalue weighted by atomic mass is 9.97. The molecule has 0 aliphatic carbocycles. The molecule has 1 rings (SSSR count). The summed E-state index contributed by atoms with van der Waals surface area (Å²) in [5, 5.41) is 0. The fourth-order valence-electron chi connectivity index (χ4n) is 1.56. The molecule has 1 aromatic rings. The van der Waals surface area contributed by atoms with Crippen molar-refractivity contribution in [3.63, 3.8) is 0 Å².